The number of rotatable bonds is 1. The van der Waals surface area contributed by atoms with Crippen molar-refractivity contribution in [2.75, 3.05) is 0 Å². The van der Waals surface area contributed by atoms with Gasteiger partial charge in [-0.2, -0.15) is 13.2 Å². The molecule has 5 heteroatoms. The van der Waals surface area contributed by atoms with Crippen molar-refractivity contribution in [3.63, 3.8) is 0 Å². The van der Waals surface area contributed by atoms with Gasteiger partial charge in [-0.05, 0) is 37.0 Å². The van der Waals surface area contributed by atoms with Crippen LogP contribution in [-0.4, -0.2) is 10.8 Å². The second-order valence-electron chi connectivity index (χ2n) is 4.05. The Morgan fingerprint density at radius 2 is 1.83 bits per heavy atom. The van der Waals surface area contributed by atoms with Crippen molar-refractivity contribution in [2.45, 2.75) is 39.8 Å². The van der Waals surface area contributed by atoms with Crippen molar-refractivity contribution in [3.8, 4) is 0 Å². The molecule has 0 radical (unpaired) electrons. The van der Waals surface area contributed by atoms with E-state index >= 15 is 0 Å². The molecule has 0 saturated heterocycles. The van der Waals surface area contributed by atoms with Gasteiger partial charge in [0.15, 0.2) is 0 Å². The summed E-state index contributed by atoms with van der Waals surface area (Å²) in [5.74, 6) is -0.162. The van der Waals surface area contributed by atoms with Crippen LogP contribution in [0.2, 0.25) is 0 Å². The lowest BCUT2D eigenvalue weighted by Crippen LogP contribution is -2.10. The minimum absolute atomic E-state index is 0.0183. The fourth-order valence-electron chi connectivity index (χ4n) is 1.94. The first-order valence-electron chi connectivity index (χ1n) is 5.93. The van der Waals surface area contributed by atoms with E-state index in [9.17, 15) is 18.0 Å². The molecule has 100 valence electrons. The zero-order chi connectivity index (χ0) is 13.9. The highest BCUT2D eigenvalue weighted by Crippen LogP contribution is 2.33. The van der Waals surface area contributed by atoms with E-state index in [1.54, 1.807) is 0 Å². The smallest absolute Gasteiger partial charge is 0.300 e. The van der Waals surface area contributed by atoms with E-state index in [-0.39, 0.29) is 11.7 Å². The van der Waals surface area contributed by atoms with Gasteiger partial charge in [0.2, 0.25) is 0 Å². The monoisotopic (exact) mass is 259 g/mol. The maximum absolute atomic E-state index is 12.4. The summed E-state index contributed by atoms with van der Waals surface area (Å²) in [6.07, 6.45) is -2.27. The number of carbonyl (C=O) groups excluding carboxylic acids is 1. The molecule has 0 saturated carbocycles. The van der Waals surface area contributed by atoms with E-state index in [2.05, 4.69) is 4.98 Å². The Labute approximate surface area is 104 Å². The number of pyridine rings is 1. The predicted octanol–water partition coefficient (Wildman–Crippen LogP) is 3.43. The Morgan fingerprint density at radius 1 is 1.28 bits per heavy atom. The number of hydrogen-bond donors (Lipinski definition) is 0. The number of hydrogen-bond acceptors (Lipinski definition) is 2. The molecule has 18 heavy (non-hydrogen) atoms. The first-order valence-corrected chi connectivity index (χ1v) is 5.93. The van der Waals surface area contributed by atoms with Crippen LogP contribution in [0.5, 0.6) is 0 Å². The largest absolute Gasteiger partial charge is 0.433 e. The van der Waals surface area contributed by atoms with Gasteiger partial charge in [0.05, 0.1) is 0 Å². The third kappa shape index (κ3) is 3.09. The maximum atomic E-state index is 12.4. The van der Waals surface area contributed by atoms with Gasteiger partial charge in [0, 0.05) is 12.1 Å². The summed E-state index contributed by atoms with van der Waals surface area (Å²) in [4.78, 5) is 14.5. The standard InChI is InChI=1S/C11H10F3NO.C2H6/c1-6(16)7-2-8-4-10(11(12,13)14)15-5-9(8)3-7;1-2/h4-5,7H,2-3H2,1H3;1-2H3. The molecule has 1 aromatic heterocycles. The van der Waals surface area contributed by atoms with Crippen LogP contribution in [-0.2, 0) is 23.8 Å². The lowest BCUT2D eigenvalue weighted by molar-refractivity contribution is -0.141. The Bertz CT molecular complexity index is 440. The SMILES string of the molecule is CC.CC(=O)C1Cc2cnc(C(F)(F)F)cc2C1. The van der Waals surface area contributed by atoms with Crippen LogP contribution in [0.1, 0.15) is 37.6 Å². The predicted molar refractivity (Wildman–Crippen MR) is 62.2 cm³/mol. The van der Waals surface area contributed by atoms with Gasteiger partial charge in [-0.1, -0.05) is 13.8 Å². The Balaban J connectivity index is 0.000000771. The number of carbonyl (C=O) groups is 1. The molecule has 1 heterocycles. The molecule has 1 aliphatic carbocycles. The molecule has 0 bridgehead atoms. The first-order chi connectivity index (χ1) is 8.38. The summed E-state index contributed by atoms with van der Waals surface area (Å²) in [5.41, 5.74) is 0.478. The number of halogens is 3. The summed E-state index contributed by atoms with van der Waals surface area (Å²) < 4.78 is 37.1. The van der Waals surface area contributed by atoms with Crippen molar-refractivity contribution < 1.29 is 18.0 Å². The zero-order valence-corrected chi connectivity index (χ0v) is 10.6. The lowest BCUT2D eigenvalue weighted by Gasteiger charge is -2.06. The Kier molecular flexibility index (Phi) is 4.48. The van der Waals surface area contributed by atoms with Crippen LogP contribution in [0, 0.1) is 5.92 Å². The van der Waals surface area contributed by atoms with Gasteiger partial charge in [0.25, 0.3) is 0 Å². The number of alkyl halides is 3. The molecule has 0 aromatic carbocycles. The molecule has 0 amide bonds. The molecule has 0 aliphatic heterocycles. The first kappa shape index (κ1) is 14.7. The topological polar surface area (TPSA) is 30.0 Å². The van der Waals surface area contributed by atoms with Crippen LogP contribution in [0.15, 0.2) is 12.3 Å². The van der Waals surface area contributed by atoms with Crippen molar-refractivity contribution >= 4 is 5.78 Å². The quantitative estimate of drug-likeness (QED) is 0.773. The summed E-state index contributed by atoms with van der Waals surface area (Å²) in [7, 11) is 0. The van der Waals surface area contributed by atoms with E-state index in [0.29, 0.717) is 18.4 Å². The van der Waals surface area contributed by atoms with E-state index in [4.69, 9.17) is 0 Å². The van der Waals surface area contributed by atoms with Crippen molar-refractivity contribution in [1.82, 2.24) is 4.98 Å². The van der Waals surface area contributed by atoms with Gasteiger partial charge in [-0.25, -0.2) is 0 Å². The molecule has 0 N–H and O–H groups in total. The maximum Gasteiger partial charge on any atom is 0.433 e. The number of ketones is 1. The molecule has 1 unspecified atom stereocenters. The van der Waals surface area contributed by atoms with Crippen molar-refractivity contribution in [3.05, 3.63) is 29.1 Å². The van der Waals surface area contributed by atoms with Crippen LogP contribution in [0.3, 0.4) is 0 Å². The highest BCUT2D eigenvalue weighted by Gasteiger charge is 2.34. The van der Waals surface area contributed by atoms with Gasteiger partial charge >= 0.3 is 6.18 Å². The fourth-order valence-corrected chi connectivity index (χ4v) is 1.94. The summed E-state index contributed by atoms with van der Waals surface area (Å²) in [6.45, 7) is 5.47. The normalized spacial score (nSPS) is 17.8. The minimum Gasteiger partial charge on any atom is -0.300 e. The molecule has 0 spiro atoms. The van der Waals surface area contributed by atoms with E-state index in [1.807, 2.05) is 13.8 Å². The second kappa shape index (κ2) is 5.50. The molecule has 1 aliphatic rings. The molecule has 2 nitrogen and oxygen atoms in total. The molecule has 1 aromatic rings. The van der Waals surface area contributed by atoms with Crippen molar-refractivity contribution in [2.24, 2.45) is 5.92 Å². The molecule has 0 fully saturated rings. The molecular weight excluding hydrogens is 243 g/mol. The third-order valence-electron chi connectivity index (χ3n) is 2.88. The number of Topliss-reactive ketones (excluding diaryl/α,β-unsaturated/α-hetero) is 1. The Morgan fingerprint density at radius 3 is 2.33 bits per heavy atom. The minimum atomic E-state index is -4.41. The van der Waals surface area contributed by atoms with Crippen LogP contribution in [0.25, 0.3) is 0 Å². The molecule has 1 atom stereocenters. The number of nitrogens with zero attached hydrogens (tertiary/aromatic N) is 1. The average Bonchev–Trinajstić information content (AvgIpc) is 2.73. The van der Waals surface area contributed by atoms with Crippen LogP contribution >= 0.6 is 0 Å². The van der Waals surface area contributed by atoms with E-state index < -0.39 is 11.9 Å². The number of aromatic nitrogens is 1. The average molecular weight is 259 g/mol. The van der Waals surface area contributed by atoms with E-state index in [1.165, 1.54) is 13.1 Å². The van der Waals surface area contributed by atoms with Gasteiger partial charge in [-0.3, -0.25) is 9.78 Å². The molecular formula is C13H16F3NO. The van der Waals surface area contributed by atoms with Gasteiger partial charge < -0.3 is 0 Å². The lowest BCUT2D eigenvalue weighted by atomic mass is 10.0. The summed E-state index contributed by atoms with van der Waals surface area (Å²) >= 11 is 0. The van der Waals surface area contributed by atoms with Crippen LogP contribution in [0.4, 0.5) is 13.2 Å². The third-order valence-corrected chi connectivity index (χ3v) is 2.88. The Hall–Kier alpha value is -1.39. The fraction of sp³-hybridized carbons (Fsp3) is 0.538. The van der Waals surface area contributed by atoms with Gasteiger partial charge in [-0.15, -0.1) is 0 Å². The highest BCUT2D eigenvalue weighted by molar-refractivity contribution is 5.79. The van der Waals surface area contributed by atoms with Crippen molar-refractivity contribution in [1.29, 1.82) is 0 Å². The van der Waals surface area contributed by atoms with E-state index in [0.717, 1.165) is 11.6 Å². The summed E-state index contributed by atoms with van der Waals surface area (Å²) in [6, 6.07) is 1.05. The van der Waals surface area contributed by atoms with Crippen LogP contribution < -0.4 is 0 Å². The van der Waals surface area contributed by atoms with Gasteiger partial charge in [0.1, 0.15) is 11.5 Å². The summed E-state index contributed by atoms with van der Waals surface area (Å²) in [5, 5.41) is 0. The second-order valence-corrected chi connectivity index (χ2v) is 4.05. The number of fused-ring (bicyclic) bond motifs is 1. The molecule has 2 rings (SSSR count). The highest BCUT2D eigenvalue weighted by atomic mass is 19.4. The zero-order valence-electron chi connectivity index (χ0n) is 10.6.